The largest absolute Gasteiger partial charge is 0.493 e. The van der Waals surface area contributed by atoms with Crippen molar-refractivity contribution in [1.29, 1.82) is 0 Å². The molecule has 6 heteroatoms. The van der Waals surface area contributed by atoms with E-state index in [0.29, 0.717) is 6.61 Å². The van der Waals surface area contributed by atoms with E-state index >= 15 is 0 Å². The Hall–Kier alpha value is -2.34. The van der Waals surface area contributed by atoms with Gasteiger partial charge in [-0.25, -0.2) is 9.97 Å². The Bertz CT molecular complexity index is 882. The summed E-state index contributed by atoms with van der Waals surface area (Å²) in [4.78, 5) is 13.7. The number of allylic oxidation sites excluding steroid dienone is 2. The molecule has 0 atom stereocenters. The molecule has 2 aliphatic rings. The molecular weight excluding hydrogens is 364 g/mol. The van der Waals surface area contributed by atoms with Gasteiger partial charge in [0.2, 0.25) is 0 Å². The third-order valence-electron chi connectivity index (χ3n) is 6.31. The molecular formula is C23H32N4O2. The highest BCUT2D eigenvalue weighted by Crippen LogP contribution is 2.32. The highest BCUT2D eigenvalue weighted by atomic mass is 16.5. The van der Waals surface area contributed by atoms with Crippen LogP contribution in [0.3, 0.4) is 0 Å². The van der Waals surface area contributed by atoms with E-state index in [1.54, 1.807) is 24.7 Å². The van der Waals surface area contributed by atoms with E-state index < -0.39 is 0 Å². The summed E-state index contributed by atoms with van der Waals surface area (Å²) in [5.74, 6) is 1.49. The zero-order chi connectivity index (χ0) is 20.2. The minimum atomic E-state index is 0.678. The van der Waals surface area contributed by atoms with E-state index in [1.807, 2.05) is 19.1 Å². The first-order valence-corrected chi connectivity index (χ1v) is 10.7. The van der Waals surface area contributed by atoms with Gasteiger partial charge in [-0.3, -0.25) is 4.90 Å². The SMILES string of the molecule is COc1cc2ncnc(C)c2cc1OCCCN1CCN(C(C)=C2CCC2)CC1. The molecule has 0 spiro atoms. The van der Waals surface area contributed by atoms with Gasteiger partial charge < -0.3 is 14.4 Å². The van der Waals surface area contributed by atoms with Crippen LogP contribution < -0.4 is 9.47 Å². The van der Waals surface area contributed by atoms with E-state index in [9.17, 15) is 0 Å². The second-order valence-corrected chi connectivity index (χ2v) is 8.05. The third kappa shape index (κ3) is 4.47. The molecule has 1 aliphatic heterocycles. The molecule has 1 aromatic heterocycles. The van der Waals surface area contributed by atoms with Crippen molar-refractivity contribution in [2.24, 2.45) is 0 Å². The minimum Gasteiger partial charge on any atom is -0.493 e. The lowest BCUT2D eigenvalue weighted by atomic mass is 9.90. The standard InChI is InChI=1S/C23H32N4O2/c1-17-20-14-23(22(28-3)15-21(20)25-16-24-17)29-13-5-8-26-9-11-27(12-10-26)18(2)19-6-4-7-19/h14-16H,4-13H2,1-3H3. The summed E-state index contributed by atoms with van der Waals surface area (Å²) in [6, 6.07) is 3.93. The fraction of sp³-hybridized carbons (Fsp3) is 0.565. The van der Waals surface area contributed by atoms with Crippen molar-refractivity contribution in [2.75, 3.05) is 46.4 Å². The number of hydrogen-bond donors (Lipinski definition) is 0. The van der Waals surface area contributed by atoms with Gasteiger partial charge in [0.05, 0.1) is 19.2 Å². The van der Waals surface area contributed by atoms with Gasteiger partial charge in [-0.1, -0.05) is 5.57 Å². The highest BCUT2D eigenvalue weighted by Gasteiger charge is 2.21. The molecule has 0 N–H and O–H groups in total. The summed E-state index contributed by atoms with van der Waals surface area (Å²) in [7, 11) is 1.67. The van der Waals surface area contributed by atoms with E-state index in [-0.39, 0.29) is 0 Å². The Morgan fingerprint density at radius 2 is 1.86 bits per heavy atom. The Morgan fingerprint density at radius 1 is 1.07 bits per heavy atom. The number of hydrogen-bond acceptors (Lipinski definition) is 6. The Kier molecular flexibility index (Phi) is 6.19. The number of aromatic nitrogens is 2. The van der Waals surface area contributed by atoms with E-state index in [1.165, 1.54) is 19.3 Å². The van der Waals surface area contributed by atoms with Crippen LogP contribution in [-0.2, 0) is 0 Å². The molecule has 6 nitrogen and oxygen atoms in total. The van der Waals surface area contributed by atoms with Crippen molar-refractivity contribution in [3.05, 3.63) is 35.4 Å². The van der Waals surface area contributed by atoms with Crippen LogP contribution in [0.2, 0.25) is 0 Å². The van der Waals surface area contributed by atoms with Crippen LogP contribution in [0, 0.1) is 6.92 Å². The average Bonchev–Trinajstić information content (AvgIpc) is 2.70. The summed E-state index contributed by atoms with van der Waals surface area (Å²) >= 11 is 0. The summed E-state index contributed by atoms with van der Waals surface area (Å²) < 4.78 is 11.6. The van der Waals surface area contributed by atoms with Gasteiger partial charge in [0.15, 0.2) is 11.5 Å². The number of aryl methyl sites for hydroxylation is 1. The molecule has 0 amide bonds. The predicted molar refractivity (Wildman–Crippen MR) is 116 cm³/mol. The zero-order valence-electron chi connectivity index (χ0n) is 17.9. The lowest BCUT2D eigenvalue weighted by Gasteiger charge is -2.38. The van der Waals surface area contributed by atoms with Crippen molar-refractivity contribution >= 4 is 10.9 Å². The Labute approximate surface area is 173 Å². The van der Waals surface area contributed by atoms with Gasteiger partial charge in [0.25, 0.3) is 0 Å². The van der Waals surface area contributed by atoms with Crippen LogP contribution in [0.1, 0.15) is 38.3 Å². The molecule has 0 unspecified atom stereocenters. The molecule has 0 radical (unpaired) electrons. The van der Waals surface area contributed by atoms with Crippen molar-refractivity contribution < 1.29 is 9.47 Å². The molecule has 1 saturated carbocycles. The van der Waals surface area contributed by atoms with Crippen LogP contribution >= 0.6 is 0 Å². The van der Waals surface area contributed by atoms with Gasteiger partial charge in [-0.05, 0) is 45.6 Å². The van der Waals surface area contributed by atoms with Crippen LogP contribution in [0.5, 0.6) is 11.5 Å². The zero-order valence-corrected chi connectivity index (χ0v) is 17.9. The van der Waals surface area contributed by atoms with Crippen molar-refractivity contribution in [3.8, 4) is 11.5 Å². The maximum atomic E-state index is 6.07. The maximum absolute atomic E-state index is 6.07. The number of methoxy groups -OCH3 is 1. The second-order valence-electron chi connectivity index (χ2n) is 8.05. The van der Waals surface area contributed by atoms with Gasteiger partial charge in [0, 0.05) is 55.6 Å². The average molecular weight is 397 g/mol. The van der Waals surface area contributed by atoms with Gasteiger partial charge >= 0.3 is 0 Å². The predicted octanol–water partition coefficient (Wildman–Crippen LogP) is 3.79. The molecule has 2 heterocycles. The van der Waals surface area contributed by atoms with Crippen molar-refractivity contribution in [2.45, 2.75) is 39.5 Å². The summed E-state index contributed by atoms with van der Waals surface area (Å²) in [6.07, 6.45) is 6.59. The molecule has 2 fully saturated rings. The summed E-state index contributed by atoms with van der Waals surface area (Å²) in [5.41, 5.74) is 5.05. The van der Waals surface area contributed by atoms with Crippen LogP contribution in [0.25, 0.3) is 10.9 Å². The number of piperazine rings is 1. The number of ether oxygens (including phenoxy) is 2. The molecule has 1 aromatic carbocycles. The number of nitrogens with zero attached hydrogens (tertiary/aromatic N) is 4. The highest BCUT2D eigenvalue weighted by molar-refractivity contribution is 5.84. The molecule has 29 heavy (non-hydrogen) atoms. The lowest BCUT2D eigenvalue weighted by Crippen LogP contribution is -2.46. The number of fused-ring (bicyclic) bond motifs is 1. The lowest BCUT2D eigenvalue weighted by molar-refractivity contribution is 0.147. The molecule has 4 rings (SSSR count). The molecule has 1 aliphatic carbocycles. The molecule has 1 saturated heterocycles. The van der Waals surface area contributed by atoms with Crippen molar-refractivity contribution in [1.82, 2.24) is 19.8 Å². The normalized spacial score (nSPS) is 17.3. The van der Waals surface area contributed by atoms with E-state index in [2.05, 4.69) is 26.7 Å². The van der Waals surface area contributed by atoms with Crippen LogP contribution in [0.4, 0.5) is 0 Å². The smallest absolute Gasteiger partial charge is 0.162 e. The van der Waals surface area contributed by atoms with E-state index in [4.69, 9.17) is 9.47 Å². The monoisotopic (exact) mass is 396 g/mol. The topological polar surface area (TPSA) is 50.7 Å². The Morgan fingerprint density at radius 3 is 2.55 bits per heavy atom. The molecule has 156 valence electrons. The van der Waals surface area contributed by atoms with Gasteiger partial charge in [0.1, 0.15) is 6.33 Å². The summed E-state index contributed by atoms with van der Waals surface area (Å²) in [5, 5.41) is 1.01. The quantitative estimate of drug-likeness (QED) is 0.664. The summed E-state index contributed by atoms with van der Waals surface area (Å²) in [6.45, 7) is 10.6. The first kappa shape index (κ1) is 20.0. The van der Waals surface area contributed by atoms with Crippen LogP contribution in [0.15, 0.2) is 29.7 Å². The first-order valence-electron chi connectivity index (χ1n) is 10.7. The Balaban J connectivity index is 1.26. The fourth-order valence-corrected chi connectivity index (χ4v) is 4.18. The van der Waals surface area contributed by atoms with Crippen LogP contribution in [-0.4, -0.2) is 66.2 Å². The molecule has 0 bridgehead atoms. The maximum Gasteiger partial charge on any atom is 0.162 e. The first-order chi connectivity index (χ1) is 14.2. The number of rotatable bonds is 7. The molecule has 2 aromatic rings. The van der Waals surface area contributed by atoms with E-state index in [0.717, 1.165) is 67.2 Å². The second kappa shape index (κ2) is 8.99. The van der Waals surface area contributed by atoms with Gasteiger partial charge in [-0.2, -0.15) is 0 Å². The fourth-order valence-electron chi connectivity index (χ4n) is 4.18. The number of benzene rings is 1. The minimum absolute atomic E-state index is 0.678. The third-order valence-corrected chi connectivity index (χ3v) is 6.31. The van der Waals surface area contributed by atoms with Crippen molar-refractivity contribution in [3.63, 3.8) is 0 Å². The van der Waals surface area contributed by atoms with Gasteiger partial charge in [-0.15, -0.1) is 0 Å².